The van der Waals surface area contributed by atoms with Gasteiger partial charge in [0.1, 0.15) is 11.2 Å². The number of hydrogen-bond acceptors (Lipinski definition) is 3. The Morgan fingerprint density at radius 1 is 1.47 bits per heavy atom. The van der Waals surface area contributed by atoms with Crippen LogP contribution in [0.15, 0.2) is 16.7 Å². The van der Waals surface area contributed by atoms with Gasteiger partial charge in [-0.25, -0.2) is 0 Å². The molecule has 0 bridgehead atoms. The van der Waals surface area contributed by atoms with Crippen LogP contribution < -0.4 is 0 Å². The number of ether oxygens (including phenoxy) is 1. The van der Waals surface area contributed by atoms with Crippen LogP contribution in [0.4, 0.5) is 0 Å². The first kappa shape index (κ1) is 12.2. The van der Waals surface area contributed by atoms with Crippen molar-refractivity contribution >= 4 is 5.97 Å². The van der Waals surface area contributed by atoms with E-state index in [9.17, 15) is 9.90 Å². The van der Waals surface area contributed by atoms with Gasteiger partial charge in [-0.05, 0) is 18.9 Å². The van der Waals surface area contributed by atoms with Crippen LogP contribution in [-0.2, 0) is 21.6 Å². The Bertz CT molecular complexity index is 388. The maximum Gasteiger partial charge on any atom is 0.317 e. The van der Waals surface area contributed by atoms with Crippen molar-refractivity contribution in [2.45, 2.75) is 44.1 Å². The molecule has 1 N–H and O–H groups in total. The summed E-state index contributed by atoms with van der Waals surface area (Å²) in [6, 6.07) is 1.80. The second kappa shape index (κ2) is 4.92. The fourth-order valence-electron chi connectivity index (χ4n) is 2.72. The predicted octanol–water partition coefficient (Wildman–Crippen LogP) is 2.71. The van der Waals surface area contributed by atoms with Gasteiger partial charge in [0.05, 0.1) is 12.9 Å². The molecule has 0 aliphatic heterocycles. The Balaban J connectivity index is 2.38. The van der Waals surface area contributed by atoms with E-state index in [4.69, 9.17) is 9.15 Å². The van der Waals surface area contributed by atoms with E-state index in [2.05, 4.69) is 0 Å². The number of hydrogen-bond donors (Lipinski definition) is 1. The Morgan fingerprint density at radius 2 is 2.18 bits per heavy atom. The quantitative estimate of drug-likeness (QED) is 0.876. The molecule has 1 heterocycles. The molecule has 17 heavy (non-hydrogen) atoms. The Hall–Kier alpha value is -1.29. The zero-order valence-corrected chi connectivity index (χ0v) is 10.1. The third-order valence-corrected chi connectivity index (χ3v) is 3.60. The highest BCUT2D eigenvalue weighted by Gasteiger charge is 2.45. The van der Waals surface area contributed by atoms with E-state index in [1.165, 1.54) is 0 Å². The molecular formula is C13H18O4. The first-order chi connectivity index (χ1) is 8.20. The van der Waals surface area contributed by atoms with Crippen LogP contribution in [0.25, 0.3) is 0 Å². The molecule has 0 amide bonds. The van der Waals surface area contributed by atoms with E-state index in [0.717, 1.165) is 24.8 Å². The monoisotopic (exact) mass is 238 g/mol. The van der Waals surface area contributed by atoms with Gasteiger partial charge in [-0.1, -0.05) is 19.3 Å². The van der Waals surface area contributed by atoms with Crippen molar-refractivity contribution in [2.75, 3.05) is 7.11 Å². The molecule has 1 aliphatic carbocycles. The molecular weight excluding hydrogens is 220 g/mol. The molecule has 0 saturated heterocycles. The molecule has 1 aliphatic rings. The molecule has 2 rings (SSSR count). The van der Waals surface area contributed by atoms with Gasteiger partial charge in [0.25, 0.3) is 0 Å². The van der Waals surface area contributed by atoms with Crippen LogP contribution in [-0.4, -0.2) is 18.2 Å². The molecule has 1 aromatic heterocycles. The van der Waals surface area contributed by atoms with Crippen LogP contribution in [0, 0.1) is 0 Å². The van der Waals surface area contributed by atoms with Crippen LogP contribution >= 0.6 is 0 Å². The van der Waals surface area contributed by atoms with Crippen molar-refractivity contribution in [1.29, 1.82) is 0 Å². The molecule has 1 fully saturated rings. The SMILES string of the molecule is COCc1ccoc1C1(C(=O)O)CCCCC1. The summed E-state index contributed by atoms with van der Waals surface area (Å²) in [6.07, 6.45) is 5.87. The van der Waals surface area contributed by atoms with E-state index in [0.29, 0.717) is 25.2 Å². The summed E-state index contributed by atoms with van der Waals surface area (Å²) in [5, 5.41) is 9.55. The maximum absolute atomic E-state index is 11.6. The summed E-state index contributed by atoms with van der Waals surface area (Å²) in [6.45, 7) is 0.404. The third kappa shape index (κ3) is 2.09. The highest BCUT2D eigenvalue weighted by Crippen LogP contribution is 2.41. The standard InChI is InChI=1S/C13H18O4/c1-16-9-10-5-8-17-11(10)13(12(14)15)6-3-2-4-7-13/h5,8H,2-4,6-7,9H2,1H3,(H,14,15). The molecule has 0 radical (unpaired) electrons. The summed E-state index contributed by atoms with van der Waals surface area (Å²) in [5.74, 6) is -0.184. The number of aliphatic carboxylic acids is 1. The lowest BCUT2D eigenvalue weighted by Crippen LogP contribution is -2.38. The molecule has 1 saturated carbocycles. The first-order valence-electron chi connectivity index (χ1n) is 6.00. The van der Waals surface area contributed by atoms with E-state index >= 15 is 0 Å². The van der Waals surface area contributed by atoms with Crippen molar-refractivity contribution in [3.63, 3.8) is 0 Å². The first-order valence-corrected chi connectivity index (χ1v) is 6.00. The minimum Gasteiger partial charge on any atom is -0.480 e. The Labute approximate surface area is 101 Å². The number of methoxy groups -OCH3 is 1. The van der Waals surface area contributed by atoms with Gasteiger partial charge in [0.15, 0.2) is 0 Å². The second-order valence-electron chi connectivity index (χ2n) is 4.66. The fraction of sp³-hybridized carbons (Fsp3) is 0.615. The molecule has 4 nitrogen and oxygen atoms in total. The summed E-state index contributed by atoms with van der Waals surface area (Å²) in [4.78, 5) is 11.6. The van der Waals surface area contributed by atoms with Gasteiger partial charge in [-0.3, -0.25) is 4.79 Å². The molecule has 4 heteroatoms. The molecule has 0 aromatic carbocycles. The average molecular weight is 238 g/mol. The minimum atomic E-state index is -0.838. The van der Waals surface area contributed by atoms with Crippen LogP contribution in [0.5, 0.6) is 0 Å². The normalized spacial score (nSPS) is 19.1. The van der Waals surface area contributed by atoms with Gasteiger partial charge in [0.2, 0.25) is 0 Å². The summed E-state index contributed by atoms with van der Waals surface area (Å²) < 4.78 is 10.6. The highest BCUT2D eigenvalue weighted by atomic mass is 16.5. The lowest BCUT2D eigenvalue weighted by Gasteiger charge is -2.32. The van der Waals surface area contributed by atoms with Gasteiger partial charge in [0, 0.05) is 12.7 Å². The van der Waals surface area contributed by atoms with E-state index < -0.39 is 11.4 Å². The molecule has 0 spiro atoms. The minimum absolute atomic E-state index is 0.404. The van der Waals surface area contributed by atoms with Crippen molar-refractivity contribution in [1.82, 2.24) is 0 Å². The summed E-state index contributed by atoms with van der Waals surface area (Å²) in [7, 11) is 1.60. The van der Waals surface area contributed by atoms with Gasteiger partial charge in [-0.15, -0.1) is 0 Å². The summed E-state index contributed by atoms with van der Waals surface area (Å²) >= 11 is 0. The fourth-order valence-corrected chi connectivity index (χ4v) is 2.72. The predicted molar refractivity (Wildman–Crippen MR) is 61.8 cm³/mol. The van der Waals surface area contributed by atoms with Gasteiger partial charge < -0.3 is 14.3 Å². The number of furan rings is 1. The van der Waals surface area contributed by atoms with Crippen molar-refractivity contribution in [3.05, 3.63) is 23.7 Å². The highest BCUT2D eigenvalue weighted by molar-refractivity contribution is 5.81. The third-order valence-electron chi connectivity index (χ3n) is 3.60. The van der Waals surface area contributed by atoms with Gasteiger partial charge in [-0.2, -0.15) is 0 Å². The number of carboxylic acids is 1. The Morgan fingerprint density at radius 3 is 2.76 bits per heavy atom. The zero-order valence-electron chi connectivity index (χ0n) is 10.1. The van der Waals surface area contributed by atoms with E-state index in [1.807, 2.05) is 0 Å². The zero-order chi connectivity index (χ0) is 12.3. The maximum atomic E-state index is 11.6. The molecule has 0 atom stereocenters. The molecule has 94 valence electrons. The van der Waals surface area contributed by atoms with Crippen molar-refractivity contribution in [2.24, 2.45) is 0 Å². The largest absolute Gasteiger partial charge is 0.480 e. The lowest BCUT2D eigenvalue weighted by molar-refractivity contribution is -0.146. The van der Waals surface area contributed by atoms with Gasteiger partial charge >= 0.3 is 5.97 Å². The smallest absolute Gasteiger partial charge is 0.317 e. The van der Waals surface area contributed by atoms with Crippen molar-refractivity contribution in [3.8, 4) is 0 Å². The van der Waals surface area contributed by atoms with Crippen molar-refractivity contribution < 1.29 is 19.1 Å². The summed E-state index contributed by atoms with van der Waals surface area (Å²) in [5.41, 5.74) is 0.0205. The van der Waals surface area contributed by atoms with Crippen LogP contribution in [0.2, 0.25) is 0 Å². The van der Waals surface area contributed by atoms with E-state index in [1.54, 1.807) is 19.4 Å². The number of rotatable bonds is 4. The van der Waals surface area contributed by atoms with E-state index in [-0.39, 0.29) is 0 Å². The molecule has 1 aromatic rings. The van der Waals surface area contributed by atoms with Crippen LogP contribution in [0.3, 0.4) is 0 Å². The Kier molecular flexibility index (Phi) is 3.52. The number of carbonyl (C=O) groups is 1. The van der Waals surface area contributed by atoms with Crippen LogP contribution in [0.1, 0.15) is 43.4 Å². The second-order valence-corrected chi connectivity index (χ2v) is 4.66. The topological polar surface area (TPSA) is 59.7 Å². The average Bonchev–Trinajstić information content (AvgIpc) is 2.79. The lowest BCUT2D eigenvalue weighted by atomic mass is 9.71. The number of carboxylic acid groups (broad SMARTS) is 1. The molecule has 0 unspecified atom stereocenters.